The summed E-state index contributed by atoms with van der Waals surface area (Å²) >= 11 is 0. The van der Waals surface area contributed by atoms with Crippen LogP contribution in [-0.2, 0) is 6.54 Å². The van der Waals surface area contributed by atoms with E-state index in [-0.39, 0.29) is 17.9 Å². The lowest BCUT2D eigenvalue weighted by Crippen LogP contribution is -2.21. The van der Waals surface area contributed by atoms with Crippen molar-refractivity contribution in [1.29, 1.82) is 0 Å². The molecule has 11 nitrogen and oxygen atoms in total. The van der Waals surface area contributed by atoms with Crippen molar-refractivity contribution in [2.75, 3.05) is 0 Å². The number of hydrogen-bond acceptors (Lipinski definition) is 8. The average molecular weight is 305 g/mol. The van der Waals surface area contributed by atoms with Gasteiger partial charge in [-0.3, -0.25) is 4.79 Å². The van der Waals surface area contributed by atoms with Gasteiger partial charge in [-0.15, -0.1) is 0 Å². The van der Waals surface area contributed by atoms with E-state index in [0.29, 0.717) is 5.71 Å². The van der Waals surface area contributed by atoms with E-state index in [1.54, 1.807) is 19.1 Å². The summed E-state index contributed by atoms with van der Waals surface area (Å²) < 4.78 is 0. The van der Waals surface area contributed by atoms with Crippen molar-refractivity contribution >= 4 is 17.6 Å². The minimum absolute atomic E-state index is 0.0158. The second kappa shape index (κ2) is 6.39. The Kier molecular flexibility index (Phi) is 4.36. The van der Waals surface area contributed by atoms with E-state index in [9.17, 15) is 20.0 Å². The third-order valence-electron chi connectivity index (χ3n) is 2.47. The fourth-order valence-corrected chi connectivity index (χ4v) is 1.49. The topological polar surface area (TPSA) is 148 Å². The van der Waals surface area contributed by atoms with Gasteiger partial charge >= 0.3 is 5.95 Å². The van der Waals surface area contributed by atoms with Crippen LogP contribution in [0.1, 0.15) is 17.3 Å². The molecule has 22 heavy (non-hydrogen) atoms. The molecule has 1 aromatic heterocycles. The van der Waals surface area contributed by atoms with Gasteiger partial charge in [0.2, 0.25) is 0 Å². The van der Waals surface area contributed by atoms with E-state index >= 15 is 0 Å². The number of para-hydroxylation sites is 1. The van der Waals surface area contributed by atoms with Crippen molar-refractivity contribution in [3.63, 3.8) is 0 Å². The zero-order valence-corrected chi connectivity index (χ0v) is 11.4. The third-order valence-corrected chi connectivity index (χ3v) is 2.47. The number of hydrogen-bond donors (Lipinski definition) is 2. The van der Waals surface area contributed by atoms with Crippen LogP contribution in [0, 0.1) is 10.1 Å². The normalized spacial score (nSPS) is 11.2. The molecule has 0 atom stereocenters. The summed E-state index contributed by atoms with van der Waals surface area (Å²) in [6, 6.07) is 6.01. The van der Waals surface area contributed by atoms with Gasteiger partial charge in [0.1, 0.15) is 12.3 Å². The Bertz CT molecular complexity index is 740. The largest absolute Gasteiger partial charge is 0.514 e. The number of aromatic nitrogens is 4. The maximum absolute atomic E-state index is 11.8. The van der Waals surface area contributed by atoms with Crippen molar-refractivity contribution in [3.8, 4) is 5.75 Å². The first kappa shape index (κ1) is 15.0. The SMILES string of the molecule is C/C(Cn1nnc([N+](=O)[O-])n1)=N\NC(=O)c1ccccc1O. The van der Waals surface area contributed by atoms with Gasteiger partial charge in [0.15, 0.2) is 0 Å². The number of carbonyl (C=O) groups is 1. The first-order valence-electron chi connectivity index (χ1n) is 6.01. The Morgan fingerprint density at radius 2 is 2.23 bits per heavy atom. The standard InChI is InChI=1S/C11H11N7O4/c1-7(6-17-15-11(14-16-17)18(21)22)12-13-10(20)8-4-2-3-5-9(8)19/h2-5,19H,6H2,1H3,(H,13,20)/b12-7+. The number of amides is 1. The molecule has 2 aromatic rings. The van der Waals surface area contributed by atoms with Crippen LogP contribution in [-0.4, -0.2) is 41.9 Å². The highest BCUT2D eigenvalue weighted by atomic mass is 16.6. The van der Waals surface area contributed by atoms with Gasteiger partial charge in [-0.1, -0.05) is 16.9 Å². The van der Waals surface area contributed by atoms with Gasteiger partial charge in [-0.25, -0.2) is 5.43 Å². The van der Waals surface area contributed by atoms with E-state index in [1.165, 1.54) is 12.1 Å². The van der Waals surface area contributed by atoms with Crippen molar-refractivity contribution in [2.45, 2.75) is 13.5 Å². The number of nitrogens with zero attached hydrogens (tertiary/aromatic N) is 6. The minimum atomic E-state index is -0.768. The predicted octanol–water partition coefficient (Wildman–Crippen LogP) is 0.0928. The minimum Gasteiger partial charge on any atom is -0.507 e. The first-order valence-corrected chi connectivity index (χ1v) is 6.01. The number of carbonyl (C=O) groups excluding carboxylic acids is 1. The van der Waals surface area contributed by atoms with Crippen LogP contribution in [0.3, 0.4) is 0 Å². The van der Waals surface area contributed by atoms with Gasteiger partial charge in [0, 0.05) is 5.21 Å². The molecule has 1 amide bonds. The molecule has 0 spiro atoms. The zero-order valence-electron chi connectivity index (χ0n) is 11.4. The maximum Gasteiger partial charge on any atom is 0.514 e. The molecule has 0 bridgehead atoms. The van der Waals surface area contributed by atoms with E-state index < -0.39 is 16.8 Å². The summed E-state index contributed by atoms with van der Waals surface area (Å²) in [5.41, 5.74) is 2.72. The Balaban J connectivity index is 1.99. The molecule has 0 fully saturated rings. The van der Waals surface area contributed by atoms with Gasteiger partial charge in [-0.2, -0.15) is 5.10 Å². The monoisotopic (exact) mass is 305 g/mol. The number of benzene rings is 1. The molecule has 1 heterocycles. The Labute approximate surface area is 123 Å². The van der Waals surface area contributed by atoms with Crippen LogP contribution in [0.4, 0.5) is 5.95 Å². The zero-order chi connectivity index (χ0) is 16.1. The van der Waals surface area contributed by atoms with Crippen LogP contribution < -0.4 is 5.43 Å². The summed E-state index contributed by atoms with van der Waals surface area (Å²) in [4.78, 5) is 22.4. The molecule has 11 heteroatoms. The number of rotatable bonds is 5. The fraction of sp³-hybridized carbons (Fsp3) is 0.182. The number of tetrazole rings is 1. The molecule has 2 N–H and O–H groups in total. The quantitative estimate of drug-likeness (QED) is 0.451. The van der Waals surface area contributed by atoms with Crippen molar-refractivity contribution in [3.05, 3.63) is 39.9 Å². The van der Waals surface area contributed by atoms with Gasteiger partial charge in [0.05, 0.1) is 21.5 Å². The van der Waals surface area contributed by atoms with E-state index in [2.05, 4.69) is 25.9 Å². The van der Waals surface area contributed by atoms with Gasteiger partial charge in [0.25, 0.3) is 5.91 Å². The lowest BCUT2D eigenvalue weighted by molar-refractivity contribution is -0.394. The summed E-state index contributed by atoms with van der Waals surface area (Å²) in [6.45, 7) is 1.59. The first-order chi connectivity index (χ1) is 10.5. The number of nitrogens with one attached hydrogen (secondary N) is 1. The summed E-state index contributed by atoms with van der Waals surface area (Å²) in [5, 5.41) is 34.0. The number of nitro groups is 1. The molecule has 2 rings (SSSR count). The van der Waals surface area contributed by atoms with Gasteiger partial charge in [-0.05, 0) is 24.0 Å². The van der Waals surface area contributed by atoms with Crippen molar-refractivity contribution in [1.82, 2.24) is 25.6 Å². The Hall–Kier alpha value is -3.37. The molecule has 0 aliphatic carbocycles. The number of hydrazone groups is 1. The summed E-state index contributed by atoms with van der Waals surface area (Å²) in [7, 11) is 0. The maximum atomic E-state index is 11.8. The molecule has 114 valence electrons. The van der Waals surface area contributed by atoms with Crippen LogP contribution >= 0.6 is 0 Å². The van der Waals surface area contributed by atoms with Gasteiger partial charge < -0.3 is 15.2 Å². The molecule has 0 saturated heterocycles. The van der Waals surface area contributed by atoms with E-state index in [4.69, 9.17) is 0 Å². The van der Waals surface area contributed by atoms with Crippen LogP contribution in [0.25, 0.3) is 0 Å². The number of phenolic OH excluding ortho intramolecular Hbond substituents is 1. The van der Waals surface area contributed by atoms with Crippen molar-refractivity contribution < 1.29 is 14.8 Å². The smallest absolute Gasteiger partial charge is 0.507 e. The number of aromatic hydroxyl groups is 1. The van der Waals surface area contributed by atoms with Crippen molar-refractivity contribution in [2.24, 2.45) is 5.10 Å². The van der Waals surface area contributed by atoms with Crippen LogP contribution in [0.5, 0.6) is 5.75 Å². The fourth-order valence-electron chi connectivity index (χ4n) is 1.49. The predicted molar refractivity (Wildman–Crippen MR) is 73.2 cm³/mol. The average Bonchev–Trinajstić information content (AvgIpc) is 2.94. The van der Waals surface area contributed by atoms with Crippen LogP contribution in [0.15, 0.2) is 29.4 Å². The highest BCUT2D eigenvalue weighted by Gasteiger charge is 2.15. The molecular formula is C11H11N7O4. The third kappa shape index (κ3) is 3.59. The lowest BCUT2D eigenvalue weighted by atomic mass is 10.2. The highest BCUT2D eigenvalue weighted by Crippen LogP contribution is 2.14. The number of phenols is 1. The highest BCUT2D eigenvalue weighted by molar-refractivity contribution is 5.97. The molecule has 0 aliphatic heterocycles. The second-order valence-electron chi connectivity index (χ2n) is 4.18. The molecule has 0 unspecified atom stereocenters. The molecule has 0 radical (unpaired) electrons. The van der Waals surface area contributed by atoms with E-state index in [0.717, 1.165) is 4.80 Å². The van der Waals surface area contributed by atoms with E-state index in [1.807, 2.05) is 0 Å². The van der Waals surface area contributed by atoms with Crippen LogP contribution in [0.2, 0.25) is 0 Å². The molecule has 0 aliphatic rings. The molecule has 0 saturated carbocycles. The summed E-state index contributed by atoms with van der Waals surface area (Å²) in [5.74, 6) is -1.37. The summed E-state index contributed by atoms with van der Waals surface area (Å²) in [6.07, 6.45) is 0. The Morgan fingerprint density at radius 1 is 1.50 bits per heavy atom. The molecular weight excluding hydrogens is 294 g/mol. The second-order valence-corrected chi connectivity index (χ2v) is 4.18. The molecule has 1 aromatic carbocycles. The lowest BCUT2D eigenvalue weighted by Gasteiger charge is -2.03. The Morgan fingerprint density at radius 3 is 2.86 bits per heavy atom.